The molecule has 90 valence electrons. The fourth-order valence-electron chi connectivity index (χ4n) is 1.38. The van der Waals surface area contributed by atoms with Gasteiger partial charge in [0.2, 0.25) is 0 Å². The molecule has 0 spiro atoms. The lowest BCUT2D eigenvalue weighted by Crippen LogP contribution is -2.24. The number of hydrogen-bond acceptors (Lipinski definition) is 4. The highest BCUT2D eigenvalue weighted by Crippen LogP contribution is 2.13. The summed E-state index contributed by atoms with van der Waals surface area (Å²) in [5, 5.41) is 0. The average molecular weight is 227 g/mol. The lowest BCUT2D eigenvalue weighted by atomic mass is 10.2. The lowest BCUT2D eigenvalue weighted by Gasteiger charge is -2.11. The van der Waals surface area contributed by atoms with Gasteiger partial charge in [-0.3, -0.25) is 9.36 Å². The van der Waals surface area contributed by atoms with Crippen molar-refractivity contribution in [2.45, 2.75) is 20.1 Å². The molecule has 0 unspecified atom stereocenters. The van der Waals surface area contributed by atoms with Gasteiger partial charge in [0.1, 0.15) is 6.73 Å². The van der Waals surface area contributed by atoms with E-state index in [9.17, 15) is 4.79 Å². The molecule has 1 rings (SSSR count). The predicted molar refractivity (Wildman–Crippen MR) is 59.6 cm³/mol. The van der Waals surface area contributed by atoms with Gasteiger partial charge in [0.25, 0.3) is 5.56 Å². The summed E-state index contributed by atoms with van der Waals surface area (Å²) in [4.78, 5) is 11.9. The van der Waals surface area contributed by atoms with Crippen LogP contribution in [0.3, 0.4) is 0 Å². The van der Waals surface area contributed by atoms with E-state index in [1.165, 1.54) is 18.8 Å². The quantitative estimate of drug-likeness (QED) is 0.680. The van der Waals surface area contributed by atoms with Crippen molar-refractivity contribution in [2.75, 3.05) is 21.0 Å². The second-order valence-corrected chi connectivity index (χ2v) is 3.27. The Labute approximate surface area is 94.6 Å². The van der Waals surface area contributed by atoms with E-state index in [4.69, 9.17) is 14.2 Å². The molecule has 0 radical (unpaired) electrons. The Morgan fingerprint density at radius 3 is 2.62 bits per heavy atom. The molecule has 0 saturated carbocycles. The molecule has 16 heavy (non-hydrogen) atoms. The minimum absolute atomic E-state index is 0.0687. The highest BCUT2D eigenvalue weighted by atomic mass is 16.7. The van der Waals surface area contributed by atoms with Gasteiger partial charge >= 0.3 is 0 Å². The highest BCUT2D eigenvalue weighted by Gasteiger charge is 2.09. The van der Waals surface area contributed by atoms with Gasteiger partial charge in [0.05, 0.1) is 0 Å². The molecular weight excluding hydrogens is 210 g/mol. The number of pyridine rings is 1. The van der Waals surface area contributed by atoms with Crippen molar-refractivity contribution in [3.8, 4) is 5.75 Å². The van der Waals surface area contributed by atoms with Gasteiger partial charge in [0, 0.05) is 26.0 Å². The van der Waals surface area contributed by atoms with E-state index >= 15 is 0 Å². The summed E-state index contributed by atoms with van der Waals surface area (Å²) in [5.74, 6) is 0.337. The molecule has 0 aromatic carbocycles. The Morgan fingerprint density at radius 2 is 2.06 bits per heavy atom. The zero-order valence-electron chi connectivity index (χ0n) is 9.86. The van der Waals surface area contributed by atoms with E-state index in [0.29, 0.717) is 5.75 Å². The van der Waals surface area contributed by atoms with Crippen LogP contribution in [0.5, 0.6) is 5.75 Å². The van der Waals surface area contributed by atoms with Gasteiger partial charge < -0.3 is 14.2 Å². The monoisotopic (exact) mass is 227 g/mol. The first-order valence-corrected chi connectivity index (χ1v) is 5.07. The summed E-state index contributed by atoms with van der Waals surface area (Å²) < 4.78 is 16.4. The van der Waals surface area contributed by atoms with Crippen molar-refractivity contribution >= 4 is 0 Å². The minimum atomic E-state index is -0.196. The second kappa shape index (κ2) is 6.30. The van der Waals surface area contributed by atoms with Crippen LogP contribution in [0.25, 0.3) is 0 Å². The first-order chi connectivity index (χ1) is 7.74. The summed E-state index contributed by atoms with van der Waals surface area (Å²) in [6.07, 6.45) is 2.44. The highest BCUT2D eigenvalue weighted by molar-refractivity contribution is 5.30. The summed E-state index contributed by atoms with van der Waals surface area (Å²) in [7, 11) is 3.05. The number of nitrogens with zero attached hydrogens (tertiary/aromatic N) is 1. The van der Waals surface area contributed by atoms with Crippen molar-refractivity contribution in [3.05, 3.63) is 28.2 Å². The van der Waals surface area contributed by atoms with Crippen LogP contribution < -0.4 is 10.3 Å². The molecule has 0 aliphatic heterocycles. The van der Waals surface area contributed by atoms with Crippen LogP contribution in [0, 0.1) is 0 Å². The van der Waals surface area contributed by atoms with E-state index in [2.05, 4.69) is 0 Å². The normalized spacial score (nSPS) is 10.4. The fourth-order valence-corrected chi connectivity index (χ4v) is 1.38. The molecular formula is C11H17NO4. The van der Waals surface area contributed by atoms with Crippen LogP contribution in [0.15, 0.2) is 17.1 Å². The smallest absolute Gasteiger partial charge is 0.295 e. The van der Waals surface area contributed by atoms with Crippen molar-refractivity contribution in [2.24, 2.45) is 0 Å². The molecule has 5 nitrogen and oxygen atoms in total. The van der Waals surface area contributed by atoms with E-state index in [1.807, 2.05) is 13.0 Å². The van der Waals surface area contributed by atoms with E-state index in [1.54, 1.807) is 6.20 Å². The molecule has 0 bridgehead atoms. The van der Waals surface area contributed by atoms with Crippen LogP contribution in [0.2, 0.25) is 0 Å². The Balaban J connectivity index is 3.07. The molecule has 1 aromatic heterocycles. The Morgan fingerprint density at radius 1 is 1.31 bits per heavy atom. The molecule has 5 heteroatoms. The zero-order valence-corrected chi connectivity index (χ0v) is 9.86. The molecule has 0 N–H and O–H groups in total. The van der Waals surface area contributed by atoms with Crippen LogP contribution >= 0.6 is 0 Å². The Bertz CT molecular complexity index is 386. The molecule has 0 amide bonds. The number of aryl methyl sites for hydroxylation is 1. The largest absolute Gasteiger partial charge is 0.461 e. The summed E-state index contributed by atoms with van der Waals surface area (Å²) >= 11 is 0. The van der Waals surface area contributed by atoms with Gasteiger partial charge in [-0.1, -0.05) is 6.92 Å². The third-order valence-electron chi connectivity index (χ3n) is 2.17. The van der Waals surface area contributed by atoms with Crippen LogP contribution in [0.1, 0.15) is 12.5 Å². The van der Waals surface area contributed by atoms with E-state index in [-0.39, 0.29) is 19.1 Å². The molecule has 0 aliphatic rings. The maximum Gasteiger partial charge on any atom is 0.295 e. The van der Waals surface area contributed by atoms with Gasteiger partial charge in [-0.05, 0) is 12.5 Å². The average Bonchev–Trinajstić information content (AvgIpc) is 2.30. The lowest BCUT2D eigenvalue weighted by molar-refractivity contribution is 0.0478. The number of rotatable bonds is 6. The number of aromatic nitrogens is 1. The third kappa shape index (κ3) is 2.84. The predicted octanol–water partition coefficient (Wildman–Crippen LogP) is 0.997. The van der Waals surface area contributed by atoms with Crippen molar-refractivity contribution < 1.29 is 14.2 Å². The van der Waals surface area contributed by atoms with Gasteiger partial charge in [0.15, 0.2) is 12.5 Å². The van der Waals surface area contributed by atoms with Crippen molar-refractivity contribution in [1.29, 1.82) is 0 Å². The van der Waals surface area contributed by atoms with Crippen molar-refractivity contribution in [3.63, 3.8) is 0 Å². The maximum absolute atomic E-state index is 11.9. The first-order valence-electron chi connectivity index (χ1n) is 5.07. The summed E-state index contributed by atoms with van der Waals surface area (Å²) in [6.45, 7) is 2.25. The Kier molecular flexibility index (Phi) is 5.01. The maximum atomic E-state index is 11.9. The third-order valence-corrected chi connectivity index (χ3v) is 2.17. The zero-order chi connectivity index (χ0) is 12.0. The summed E-state index contributed by atoms with van der Waals surface area (Å²) in [6, 6.07) is 1.85. The number of methoxy groups -OCH3 is 2. The molecule has 1 aromatic rings. The van der Waals surface area contributed by atoms with E-state index < -0.39 is 0 Å². The number of ether oxygens (including phenoxy) is 3. The van der Waals surface area contributed by atoms with Crippen molar-refractivity contribution in [1.82, 2.24) is 4.57 Å². The molecule has 1 heterocycles. The Hall–Kier alpha value is -1.33. The molecule has 0 fully saturated rings. The van der Waals surface area contributed by atoms with Gasteiger partial charge in [-0.25, -0.2) is 0 Å². The fraction of sp³-hybridized carbons (Fsp3) is 0.545. The van der Waals surface area contributed by atoms with Gasteiger partial charge in [-0.2, -0.15) is 0 Å². The first kappa shape index (κ1) is 12.7. The standard InChI is InChI=1S/C11H17NO4/c1-4-9-5-6-12(7-14-2)11(13)10(9)16-8-15-3/h5-6H,4,7-8H2,1-3H3. The van der Waals surface area contributed by atoms with Crippen LogP contribution in [-0.4, -0.2) is 25.6 Å². The number of hydrogen-bond donors (Lipinski definition) is 0. The second-order valence-electron chi connectivity index (χ2n) is 3.27. The van der Waals surface area contributed by atoms with Crippen LogP contribution in [0.4, 0.5) is 0 Å². The van der Waals surface area contributed by atoms with E-state index in [0.717, 1.165) is 12.0 Å². The minimum Gasteiger partial charge on any atom is -0.461 e. The van der Waals surface area contributed by atoms with Crippen LogP contribution in [-0.2, 0) is 22.6 Å². The molecule has 0 saturated heterocycles. The molecule has 0 atom stereocenters. The van der Waals surface area contributed by atoms with Gasteiger partial charge in [-0.15, -0.1) is 0 Å². The molecule has 0 aliphatic carbocycles. The SMILES string of the molecule is CCc1ccn(COC)c(=O)c1OCOC. The summed E-state index contributed by atoms with van der Waals surface area (Å²) in [5.41, 5.74) is 0.674. The topological polar surface area (TPSA) is 49.7 Å².